The highest BCUT2D eigenvalue weighted by Gasteiger charge is 2.29. The van der Waals surface area contributed by atoms with Gasteiger partial charge < -0.3 is 18.9 Å². The van der Waals surface area contributed by atoms with Gasteiger partial charge in [-0.25, -0.2) is 0 Å². The van der Waals surface area contributed by atoms with E-state index in [2.05, 4.69) is 44.0 Å². The number of fused-ring (bicyclic) bond motifs is 2. The maximum absolute atomic E-state index is 6.16. The lowest BCUT2D eigenvalue weighted by Gasteiger charge is -2.29. The second-order valence-corrected chi connectivity index (χ2v) is 9.62. The van der Waals surface area contributed by atoms with E-state index in [0.717, 1.165) is 57.3 Å². The van der Waals surface area contributed by atoms with Gasteiger partial charge in [0.2, 0.25) is 0 Å². The third-order valence-electron chi connectivity index (χ3n) is 6.01. The fourth-order valence-electron chi connectivity index (χ4n) is 4.74. The van der Waals surface area contributed by atoms with Gasteiger partial charge in [-0.05, 0) is 118 Å². The van der Waals surface area contributed by atoms with Crippen molar-refractivity contribution in [3.05, 3.63) is 43.3 Å². The van der Waals surface area contributed by atoms with Gasteiger partial charge in [-0.15, -0.1) is 0 Å². The number of rotatable bonds is 7. The van der Waals surface area contributed by atoms with Crippen LogP contribution in [0.25, 0.3) is 11.1 Å². The summed E-state index contributed by atoms with van der Waals surface area (Å²) in [4.78, 5) is 0. The number of aryl methyl sites for hydroxylation is 2. The minimum atomic E-state index is 0.203. The predicted octanol–water partition coefficient (Wildman–Crippen LogP) is 6.60. The van der Waals surface area contributed by atoms with Gasteiger partial charge in [0.05, 0.1) is 8.95 Å². The molecule has 0 bridgehead atoms. The van der Waals surface area contributed by atoms with Gasteiger partial charge in [0.15, 0.2) is 13.6 Å². The fourth-order valence-corrected chi connectivity index (χ4v) is 5.92. The second kappa shape index (κ2) is 10.0. The van der Waals surface area contributed by atoms with E-state index in [9.17, 15) is 0 Å². The van der Waals surface area contributed by atoms with Crippen LogP contribution < -0.4 is 9.47 Å². The molecule has 4 rings (SSSR count). The Kier molecular flexibility index (Phi) is 7.40. The smallest absolute Gasteiger partial charge is 0.188 e. The normalized spacial score (nSPS) is 15.5. The minimum Gasteiger partial charge on any atom is -0.466 e. The van der Waals surface area contributed by atoms with Gasteiger partial charge in [0.25, 0.3) is 0 Å². The van der Waals surface area contributed by atoms with Crippen LogP contribution in [0.5, 0.6) is 11.5 Å². The molecule has 0 aromatic heterocycles. The van der Waals surface area contributed by atoms with Crippen molar-refractivity contribution >= 4 is 31.9 Å². The number of methoxy groups -OCH3 is 2. The Bertz CT molecular complexity index is 851. The molecule has 0 saturated heterocycles. The molecule has 0 fully saturated rings. The summed E-state index contributed by atoms with van der Waals surface area (Å²) in [6.45, 7) is 0.406. The number of halogens is 2. The molecule has 0 aliphatic heterocycles. The van der Waals surface area contributed by atoms with Crippen molar-refractivity contribution in [1.29, 1.82) is 0 Å². The first-order chi connectivity index (χ1) is 14.7. The van der Waals surface area contributed by atoms with E-state index in [4.69, 9.17) is 18.9 Å². The molecule has 2 aromatic rings. The Hall–Kier alpha value is -1.08. The van der Waals surface area contributed by atoms with Crippen molar-refractivity contribution in [1.82, 2.24) is 0 Å². The molecule has 2 aliphatic rings. The van der Waals surface area contributed by atoms with Crippen LogP contribution >= 0.6 is 31.9 Å². The van der Waals surface area contributed by atoms with E-state index >= 15 is 0 Å². The molecule has 0 amide bonds. The first kappa shape index (κ1) is 22.1. The molecule has 0 N–H and O–H groups in total. The Morgan fingerprint density at radius 2 is 1.07 bits per heavy atom. The molecule has 0 unspecified atom stereocenters. The molecule has 0 spiro atoms. The van der Waals surface area contributed by atoms with E-state index in [-0.39, 0.29) is 13.6 Å². The summed E-state index contributed by atoms with van der Waals surface area (Å²) in [5, 5.41) is 0. The summed E-state index contributed by atoms with van der Waals surface area (Å²) >= 11 is 7.58. The van der Waals surface area contributed by atoms with Gasteiger partial charge >= 0.3 is 0 Å². The van der Waals surface area contributed by atoms with Crippen LogP contribution in [0.3, 0.4) is 0 Å². The van der Waals surface area contributed by atoms with Crippen molar-refractivity contribution < 1.29 is 18.9 Å². The van der Waals surface area contributed by atoms with E-state index in [1.54, 1.807) is 14.2 Å². The van der Waals surface area contributed by atoms with Crippen molar-refractivity contribution in [2.45, 2.75) is 51.4 Å². The maximum atomic E-state index is 6.16. The number of hydrogen-bond donors (Lipinski definition) is 0. The van der Waals surface area contributed by atoms with Crippen LogP contribution in [0.15, 0.2) is 21.1 Å². The van der Waals surface area contributed by atoms with Crippen molar-refractivity contribution in [3.8, 4) is 22.6 Å². The van der Waals surface area contributed by atoms with Gasteiger partial charge in [0.1, 0.15) is 11.5 Å². The first-order valence-corrected chi connectivity index (χ1v) is 12.2. The summed E-state index contributed by atoms with van der Waals surface area (Å²) in [7, 11) is 3.31. The maximum Gasteiger partial charge on any atom is 0.188 e. The van der Waals surface area contributed by atoms with Crippen LogP contribution in [0.1, 0.15) is 47.9 Å². The molecule has 0 saturated carbocycles. The zero-order valence-electron chi connectivity index (χ0n) is 17.6. The van der Waals surface area contributed by atoms with Crippen LogP contribution in [0.4, 0.5) is 0 Å². The highest BCUT2D eigenvalue weighted by Crippen LogP contribution is 2.51. The standard InChI is InChI=1S/C24H28Br2O4/c1-27-13-29-23-19(25)11-15-7-3-5-9-17(15)21(23)22-18-10-6-4-8-16(18)12-20(26)24(22)30-14-28-2/h11-12H,3-10,13-14H2,1-2H3. The van der Waals surface area contributed by atoms with Crippen molar-refractivity contribution in [3.63, 3.8) is 0 Å². The number of hydrogen-bond acceptors (Lipinski definition) is 4. The van der Waals surface area contributed by atoms with E-state index in [0.29, 0.717) is 0 Å². The lowest BCUT2D eigenvalue weighted by Crippen LogP contribution is -2.13. The molecular formula is C24H28Br2O4. The van der Waals surface area contributed by atoms with Gasteiger partial charge in [-0.3, -0.25) is 0 Å². The monoisotopic (exact) mass is 538 g/mol. The third-order valence-corrected chi connectivity index (χ3v) is 7.18. The quantitative estimate of drug-likeness (QED) is 0.371. The van der Waals surface area contributed by atoms with Gasteiger partial charge in [-0.2, -0.15) is 0 Å². The fraction of sp³-hybridized carbons (Fsp3) is 0.500. The second-order valence-electron chi connectivity index (χ2n) is 7.92. The molecule has 162 valence electrons. The molecule has 0 radical (unpaired) electrons. The Labute approximate surface area is 195 Å². The SMILES string of the molecule is COCOc1c(Br)cc2c(c1-c1c3c(cc(Br)c1OCOC)CCCC3)CCCC2. The predicted molar refractivity (Wildman–Crippen MR) is 126 cm³/mol. The van der Waals surface area contributed by atoms with Crippen LogP contribution in [0.2, 0.25) is 0 Å². The van der Waals surface area contributed by atoms with Crippen molar-refractivity contribution in [2.24, 2.45) is 0 Å². The molecule has 2 aliphatic carbocycles. The van der Waals surface area contributed by atoms with Crippen LogP contribution in [0, 0.1) is 0 Å². The topological polar surface area (TPSA) is 36.9 Å². The molecule has 6 heteroatoms. The average molecular weight is 540 g/mol. The summed E-state index contributed by atoms with van der Waals surface area (Å²) in [5.74, 6) is 1.68. The average Bonchev–Trinajstić information content (AvgIpc) is 2.76. The highest BCUT2D eigenvalue weighted by molar-refractivity contribution is 9.11. The highest BCUT2D eigenvalue weighted by atomic mass is 79.9. The first-order valence-electron chi connectivity index (χ1n) is 10.6. The molecule has 2 aromatic carbocycles. The Morgan fingerprint density at radius 1 is 0.667 bits per heavy atom. The third kappa shape index (κ3) is 4.29. The number of benzene rings is 2. The summed E-state index contributed by atoms with van der Waals surface area (Å²) in [6, 6.07) is 4.45. The zero-order valence-corrected chi connectivity index (χ0v) is 20.8. The van der Waals surface area contributed by atoms with Crippen molar-refractivity contribution in [2.75, 3.05) is 27.8 Å². The molecule has 30 heavy (non-hydrogen) atoms. The largest absolute Gasteiger partial charge is 0.466 e. The molecule has 0 atom stereocenters. The lowest BCUT2D eigenvalue weighted by molar-refractivity contribution is 0.0494. The lowest BCUT2D eigenvalue weighted by atomic mass is 9.80. The Morgan fingerprint density at radius 3 is 1.47 bits per heavy atom. The van der Waals surface area contributed by atoms with E-state index in [1.807, 2.05) is 0 Å². The van der Waals surface area contributed by atoms with E-state index in [1.165, 1.54) is 47.9 Å². The summed E-state index contributed by atoms with van der Waals surface area (Å²) < 4.78 is 24.8. The van der Waals surface area contributed by atoms with Crippen LogP contribution in [-0.2, 0) is 35.2 Å². The molecular weight excluding hydrogens is 512 g/mol. The molecule has 4 nitrogen and oxygen atoms in total. The summed E-state index contributed by atoms with van der Waals surface area (Å²) in [5.41, 5.74) is 7.86. The number of ether oxygens (including phenoxy) is 4. The molecule has 0 heterocycles. The van der Waals surface area contributed by atoms with Gasteiger partial charge in [0, 0.05) is 25.3 Å². The van der Waals surface area contributed by atoms with E-state index < -0.39 is 0 Å². The van der Waals surface area contributed by atoms with Gasteiger partial charge in [-0.1, -0.05) is 0 Å². The zero-order chi connectivity index (χ0) is 21.1. The minimum absolute atomic E-state index is 0.203. The Balaban J connectivity index is 2.03. The van der Waals surface area contributed by atoms with Crippen LogP contribution in [-0.4, -0.2) is 27.8 Å². The summed E-state index contributed by atoms with van der Waals surface area (Å²) in [6.07, 6.45) is 9.11.